The van der Waals surface area contributed by atoms with E-state index in [-0.39, 0.29) is 0 Å². The standard InChI is InChI=1S/C12H19/c1-2-9(3-1)8-12(10-4-5-10)11-6-7-11/h9-11H,1-8H2. The Balaban J connectivity index is 1.54. The maximum atomic E-state index is 2.01. The lowest BCUT2D eigenvalue weighted by molar-refractivity contribution is 0.289. The SMILES string of the molecule is C1CC(C[C](C2CC2)C2CC2)C1. The van der Waals surface area contributed by atoms with Gasteiger partial charge >= 0.3 is 0 Å². The molecule has 0 unspecified atom stereocenters. The van der Waals surface area contributed by atoms with Crippen LogP contribution in [-0.2, 0) is 0 Å². The van der Waals surface area contributed by atoms with E-state index in [1.807, 2.05) is 5.92 Å². The Labute approximate surface area is 75.7 Å². The second-order valence-electron chi connectivity index (χ2n) is 5.12. The zero-order valence-corrected chi connectivity index (χ0v) is 7.89. The van der Waals surface area contributed by atoms with Gasteiger partial charge in [0, 0.05) is 0 Å². The van der Waals surface area contributed by atoms with E-state index in [0.717, 1.165) is 17.8 Å². The normalized spacial score (nSPS) is 30.8. The molecule has 3 aliphatic rings. The van der Waals surface area contributed by atoms with Crippen LogP contribution in [0.1, 0.15) is 51.4 Å². The molecule has 3 rings (SSSR count). The van der Waals surface area contributed by atoms with E-state index in [4.69, 9.17) is 0 Å². The van der Waals surface area contributed by atoms with Crippen LogP contribution in [0.3, 0.4) is 0 Å². The molecule has 0 amide bonds. The van der Waals surface area contributed by atoms with Crippen molar-refractivity contribution in [1.82, 2.24) is 0 Å². The highest BCUT2D eigenvalue weighted by Crippen LogP contribution is 2.54. The van der Waals surface area contributed by atoms with Crippen molar-refractivity contribution in [3.63, 3.8) is 0 Å². The molecule has 0 bridgehead atoms. The summed E-state index contributed by atoms with van der Waals surface area (Å²) in [6.45, 7) is 0. The lowest BCUT2D eigenvalue weighted by atomic mass is 9.76. The van der Waals surface area contributed by atoms with Gasteiger partial charge in [-0.2, -0.15) is 0 Å². The molecule has 3 saturated carbocycles. The number of rotatable bonds is 4. The Bertz CT molecular complexity index is 149. The Hall–Kier alpha value is 0. The maximum Gasteiger partial charge on any atom is -0.0176 e. The first-order valence-electron chi connectivity index (χ1n) is 5.79. The molecule has 3 fully saturated rings. The topological polar surface area (TPSA) is 0 Å². The molecule has 12 heavy (non-hydrogen) atoms. The van der Waals surface area contributed by atoms with Gasteiger partial charge in [-0.1, -0.05) is 19.3 Å². The number of hydrogen-bond donors (Lipinski definition) is 0. The molecule has 0 N–H and O–H groups in total. The van der Waals surface area contributed by atoms with Gasteiger partial charge in [-0.15, -0.1) is 0 Å². The van der Waals surface area contributed by atoms with E-state index >= 15 is 0 Å². The molecule has 67 valence electrons. The van der Waals surface area contributed by atoms with Crippen LogP contribution >= 0.6 is 0 Å². The fraction of sp³-hybridized carbons (Fsp3) is 0.917. The third-order valence-electron chi connectivity index (χ3n) is 3.95. The first-order chi connectivity index (χ1) is 5.93. The van der Waals surface area contributed by atoms with Crippen LogP contribution in [-0.4, -0.2) is 0 Å². The van der Waals surface area contributed by atoms with Crippen LogP contribution in [0, 0.1) is 23.7 Å². The summed E-state index contributed by atoms with van der Waals surface area (Å²) in [6.07, 6.45) is 12.3. The van der Waals surface area contributed by atoms with E-state index in [1.165, 1.54) is 12.8 Å². The molecular formula is C12H19. The molecule has 0 aliphatic heterocycles. The molecule has 3 aliphatic carbocycles. The van der Waals surface area contributed by atoms with Crippen LogP contribution in [0.5, 0.6) is 0 Å². The van der Waals surface area contributed by atoms with Gasteiger partial charge < -0.3 is 0 Å². The average molecular weight is 163 g/mol. The highest BCUT2D eigenvalue weighted by Gasteiger charge is 2.42. The van der Waals surface area contributed by atoms with Crippen molar-refractivity contribution in [3.05, 3.63) is 5.92 Å². The lowest BCUT2D eigenvalue weighted by Crippen LogP contribution is -2.17. The van der Waals surface area contributed by atoms with Crippen LogP contribution in [0.4, 0.5) is 0 Å². The lowest BCUT2D eigenvalue weighted by Gasteiger charge is -2.29. The zero-order chi connectivity index (χ0) is 7.97. The third kappa shape index (κ3) is 1.41. The molecule has 0 spiro atoms. The summed E-state index contributed by atoms with van der Waals surface area (Å²) in [5, 5.41) is 0. The fourth-order valence-electron chi connectivity index (χ4n) is 2.61. The predicted molar refractivity (Wildman–Crippen MR) is 50.6 cm³/mol. The molecule has 0 atom stereocenters. The van der Waals surface area contributed by atoms with Crippen LogP contribution in [0.15, 0.2) is 0 Å². The molecule has 0 nitrogen and oxygen atoms in total. The molecular weight excluding hydrogens is 144 g/mol. The summed E-state index contributed by atoms with van der Waals surface area (Å²) in [6, 6.07) is 0. The van der Waals surface area contributed by atoms with Crippen molar-refractivity contribution < 1.29 is 0 Å². The molecule has 1 radical (unpaired) electrons. The van der Waals surface area contributed by atoms with Crippen LogP contribution < -0.4 is 0 Å². The highest BCUT2D eigenvalue weighted by atomic mass is 14.5. The van der Waals surface area contributed by atoms with Gasteiger partial charge in [-0.3, -0.25) is 0 Å². The first-order valence-corrected chi connectivity index (χ1v) is 5.79. The summed E-state index contributed by atoms with van der Waals surface area (Å²) in [5.41, 5.74) is 0. The Morgan fingerprint density at radius 3 is 1.75 bits per heavy atom. The third-order valence-corrected chi connectivity index (χ3v) is 3.95. The average Bonchev–Trinajstić information content (AvgIpc) is 2.81. The summed E-state index contributed by atoms with van der Waals surface area (Å²) < 4.78 is 0. The van der Waals surface area contributed by atoms with Gasteiger partial charge in [-0.05, 0) is 55.8 Å². The molecule has 0 heteroatoms. The Kier molecular flexibility index (Phi) is 1.70. The summed E-state index contributed by atoms with van der Waals surface area (Å²) in [7, 11) is 0. The first kappa shape index (κ1) is 7.41. The minimum Gasteiger partial charge on any atom is -0.0528 e. The van der Waals surface area contributed by atoms with Crippen molar-refractivity contribution in [2.45, 2.75) is 51.4 Å². The quantitative estimate of drug-likeness (QED) is 0.594. The van der Waals surface area contributed by atoms with E-state index < -0.39 is 0 Å². The minimum atomic E-state index is 1.11. The van der Waals surface area contributed by atoms with Gasteiger partial charge in [0.05, 0.1) is 0 Å². The van der Waals surface area contributed by atoms with E-state index in [2.05, 4.69) is 0 Å². The smallest absolute Gasteiger partial charge is 0.0176 e. The molecule has 0 saturated heterocycles. The van der Waals surface area contributed by atoms with Crippen LogP contribution in [0.2, 0.25) is 0 Å². The maximum absolute atomic E-state index is 2.01. The van der Waals surface area contributed by atoms with Gasteiger partial charge in [-0.25, -0.2) is 0 Å². The summed E-state index contributed by atoms with van der Waals surface area (Å²) >= 11 is 0. The summed E-state index contributed by atoms with van der Waals surface area (Å²) in [4.78, 5) is 0. The Morgan fingerprint density at radius 1 is 0.833 bits per heavy atom. The zero-order valence-electron chi connectivity index (χ0n) is 7.89. The van der Waals surface area contributed by atoms with Crippen molar-refractivity contribution in [3.8, 4) is 0 Å². The fourth-order valence-corrected chi connectivity index (χ4v) is 2.61. The molecule has 0 aromatic heterocycles. The monoisotopic (exact) mass is 163 g/mol. The van der Waals surface area contributed by atoms with Crippen LogP contribution in [0.25, 0.3) is 0 Å². The second-order valence-corrected chi connectivity index (χ2v) is 5.12. The van der Waals surface area contributed by atoms with E-state index in [9.17, 15) is 0 Å². The Morgan fingerprint density at radius 2 is 1.42 bits per heavy atom. The van der Waals surface area contributed by atoms with Crippen molar-refractivity contribution in [2.75, 3.05) is 0 Å². The van der Waals surface area contributed by atoms with Gasteiger partial charge in [0.2, 0.25) is 0 Å². The number of hydrogen-bond acceptors (Lipinski definition) is 0. The molecule has 0 aromatic carbocycles. The van der Waals surface area contributed by atoms with E-state index in [1.54, 1.807) is 38.5 Å². The van der Waals surface area contributed by atoms with E-state index in [0.29, 0.717) is 0 Å². The van der Waals surface area contributed by atoms with Gasteiger partial charge in [0.1, 0.15) is 0 Å². The molecule has 0 heterocycles. The molecule has 0 aromatic rings. The van der Waals surface area contributed by atoms with Gasteiger partial charge in [0.25, 0.3) is 0 Å². The predicted octanol–water partition coefficient (Wildman–Crippen LogP) is 3.57. The highest BCUT2D eigenvalue weighted by molar-refractivity contribution is 5.13. The minimum absolute atomic E-state index is 1.11. The largest absolute Gasteiger partial charge is 0.0528 e. The van der Waals surface area contributed by atoms with Crippen molar-refractivity contribution >= 4 is 0 Å². The second kappa shape index (κ2) is 2.75. The van der Waals surface area contributed by atoms with Crippen molar-refractivity contribution in [1.29, 1.82) is 0 Å². The van der Waals surface area contributed by atoms with Crippen molar-refractivity contribution in [2.24, 2.45) is 17.8 Å². The van der Waals surface area contributed by atoms with Gasteiger partial charge in [0.15, 0.2) is 0 Å². The summed E-state index contributed by atoms with van der Waals surface area (Å²) in [5.74, 6) is 5.36.